The molecule has 30 heavy (non-hydrogen) atoms. The van der Waals surface area contributed by atoms with Gasteiger partial charge in [0.15, 0.2) is 5.65 Å². The fourth-order valence-electron chi connectivity index (χ4n) is 3.32. The molecule has 8 heteroatoms. The molecule has 0 amide bonds. The van der Waals surface area contributed by atoms with Gasteiger partial charge < -0.3 is 4.57 Å². The molecule has 4 rings (SSSR count). The number of nitrogens with one attached hydrogen (secondary N) is 1. The van der Waals surface area contributed by atoms with Crippen molar-refractivity contribution < 1.29 is 8.42 Å². The van der Waals surface area contributed by atoms with Crippen molar-refractivity contribution in [3.63, 3.8) is 0 Å². The predicted molar refractivity (Wildman–Crippen MR) is 118 cm³/mol. The van der Waals surface area contributed by atoms with Gasteiger partial charge in [-0.25, -0.2) is 23.1 Å². The van der Waals surface area contributed by atoms with E-state index in [0.717, 1.165) is 29.8 Å². The summed E-state index contributed by atoms with van der Waals surface area (Å²) in [6, 6.07) is 20.1. The Morgan fingerprint density at radius 2 is 1.70 bits per heavy atom. The van der Waals surface area contributed by atoms with E-state index in [1.54, 1.807) is 18.3 Å². The van der Waals surface area contributed by atoms with Crippen molar-refractivity contribution in [2.75, 3.05) is 6.54 Å². The minimum Gasteiger partial charge on any atom is -0.311 e. The molecule has 2 aromatic heterocycles. The molecule has 0 radical (unpaired) electrons. The third-order valence-corrected chi connectivity index (χ3v) is 6.54. The number of nitrogens with zero attached hydrogens (tertiary/aromatic N) is 3. The fraction of sp³-hybridized carbons (Fsp3) is 0.182. The maximum absolute atomic E-state index is 12.5. The number of hydrogen-bond acceptors (Lipinski definition) is 4. The molecule has 0 saturated heterocycles. The van der Waals surface area contributed by atoms with Gasteiger partial charge in [0.1, 0.15) is 11.3 Å². The van der Waals surface area contributed by atoms with Gasteiger partial charge in [0.2, 0.25) is 10.0 Å². The number of hydrogen-bond donors (Lipinski definition) is 1. The van der Waals surface area contributed by atoms with Gasteiger partial charge >= 0.3 is 0 Å². The minimum atomic E-state index is -3.61. The Bertz CT molecular complexity index is 1240. The lowest BCUT2D eigenvalue weighted by Crippen LogP contribution is -2.28. The highest BCUT2D eigenvalue weighted by Gasteiger charge is 2.15. The second-order valence-electron chi connectivity index (χ2n) is 6.86. The van der Waals surface area contributed by atoms with Crippen molar-refractivity contribution in [3.8, 4) is 0 Å². The molecule has 0 aliphatic heterocycles. The smallest absolute Gasteiger partial charge is 0.240 e. The normalized spacial score (nSPS) is 11.8. The van der Waals surface area contributed by atoms with Crippen LogP contribution in [-0.4, -0.2) is 29.5 Å². The van der Waals surface area contributed by atoms with Gasteiger partial charge in [-0.3, -0.25) is 0 Å². The molecular formula is C22H21ClN4O2S. The number of rotatable bonds is 8. The van der Waals surface area contributed by atoms with Crippen molar-refractivity contribution in [3.05, 3.63) is 89.3 Å². The third kappa shape index (κ3) is 4.70. The molecule has 0 fully saturated rings. The second kappa shape index (κ2) is 8.95. The van der Waals surface area contributed by atoms with E-state index in [1.807, 2.05) is 34.9 Å². The summed E-state index contributed by atoms with van der Waals surface area (Å²) in [4.78, 5) is 9.35. The molecule has 0 bridgehead atoms. The lowest BCUT2D eigenvalue weighted by molar-refractivity contribution is 0.570. The van der Waals surface area contributed by atoms with Crippen LogP contribution in [0, 0.1) is 0 Å². The summed E-state index contributed by atoms with van der Waals surface area (Å²) in [7, 11) is -3.61. The van der Waals surface area contributed by atoms with Gasteiger partial charge in [0, 0.05) is 30.7 Å². The maximum atomic E-state index is 12.5. The number of aryl methyl sites for hydroxylation is 2. The molecule has 154 valence electrons. The summed E-state index contributed by atoms with van der Waals surface area (Å²) in [5.41, 5.74) is 2.79. The van der Waals surface area contributed by atoms with E-state index in [1.165, 1.54) is 17.7 Å². The first-order chi connectivity index (χ1) is 14.5. The van der Waals surface area contributed by atoms with E-state index in [0.29, 0.717) is 11.6 Å². The van der Waals surface area contributed by atoms with E-state index >= 15 is 0 Å². The highest BCUT2D eigenvalue weighted by Crippen LogP contribution is 2.17. The number of aromatic nitrogens is 3. The van der Waals surface area contributed by atoms with Crippen molar-refractivity contribution in [2.24, 2.45) is 0 Å². The highest BCUT2D eigenvalue weighted by atomic mass is 35.5. The summed E-state index contributed by atoms with van der Waals surface area (Å²) >= 11 is 5.85. The van der Waals surface area contributed by atoms with Gasteiger partial charge in [-0.05, 0) is 48.4 Å². The zero-order valence-corrected chi connectivity index (χ0v) is 17.8. The van der Waals surface area contributed by atoms with Gasteiger partial charge in [-0.2, -0.15) is 0 Å². The molecular weight excluding hydrogens is 420 g/mol. The number of fused-ring (bicyclic) bond motifs is 1. The Morgan fingerprint density at radius 3 is 2.47 bits per heavy atom. The van der Waals surface area contributed by atoms with Crippen LogP contribution >= 0.6 is 11.6 Å². The predicted octanol–water partition coefficient (Wildman–Crippen LogP) is 3.85. The molecule has 0 unspecified atom stereocenters. The van der Waals surface area contributed by atoms with E-state index in [9.17, 15) is 8.42 Å². The Balaban J connectivity index is 1.50. The van der Waals surface area contributed by atoms with Gasteiger partial charge in [-0.1, -0.05) is 41.9 Å². The monoisotopic (exact) mass is 440 g/mol. The first kappa shape index (κ1) is 20.5. The summed E-state index contributed by atoms with van der Waals surface area (Å²) in [6.45, 7) is 0.662. The van der Waals surface area contributed by atoms with Crippen molar-refractivity contribution in [1.29, 1.82) is 0 Å². The SMILES string of the molecule is O=S(=O)(NCCn1c(CCc2ccccc2)nc2cccnc21)c1ccc(Cl)cc1. The molecule has 0 saturated carbocycles. The Labute approximate surface area is 180 Å². The van der Waals surface area contributed by atoms with Crippen LogP contribution in [0.5, 0.6) is 0 Å². The van der Waals surface area contributed by atoms with Crippen LogP contribution in [0.3, 0.4) is 0 Å². The number of pyridine rings is 1. The van der Waals surface area contributed by atoms with Crippen molar-refractivity contribution in [2.45, 2.75) is 24.3 Å². The number of halogens is 1. The topological polar surface area (TPSA) is 76.9 Å². The summed E-state index contributed by atoms with van der Waals surface area (Å²) in [5, 5.41) is 0.493. The average molecular weight is 441 g/mol. The molecule has 2 aromatic carbocycles. The zero-order chi connectivity index (χ0) is 21.0. The van der Waals surface area contributed by atoms with Crippen LogP contribution in [-0.2, 0) is 29.4 Å². The van der Waals surface area contributed by atoms with Crippen LogP contribution in [0.4, 0.5) is 0 Å². The van der Waals surface area contributed by atoms with Crippen molar-refractivity contribution >= 4 is 32.8 Å². The minimum absolute atomic E-state index is 0.185. The van der Waals surface area contributed by atoms with Gasteiger partial charge in [0.25, 0.3) is 0 Å². The van der Waals surface area contributed by atoms with Crippen LogP contribution in [0.1, 0.15) is 11.4 Å². The Morgan fingerprint density at radius 1 is 0.933 bits per heavy atom. The first-order valence-corrected chi connectivity index (χ1v) is 11.5. The highest BCUT2D eigenvalue weighted by molar-refractivity contribution is 7.89. The Kier molecular flexibility index (Phi) is 6.13. The van der Waals surface area contributed by atoms with E-state index in [-0.39, 0.29) is 11.4 Å². The molecule has 1 N–H and O–H groups in total. The molecule has 0 aliphatic carbocycles. The van der Waals surface area contributed by atoms with Gasteiger partial charge in [0.05, 0.1) is 4.90 Å². The molecule has 0 aliphatic rings. The molecule has 6 nitrogen and oxygen atoms in total. The first-order valence-electron chi connectivity index (χ1n) is 9.62. The van der Waals surface area contributed by atoms with Crippen LogP contribution in [0.25, 0.3) is 11.2 Å². The lowest BCUT2D eigenvalue weighted by Gasteiger charge is -2.11. The quantitative estimate of drug-likeness (QED) is 0.451. The molecule has 2 heterocycles. The molecule has 0 atom stereocenters. The van der Waals surface area contributed by atoms with Crippen LogP contribution in [0.2, 0.25) is 5.02 Å². The van der Waals surface area contributed by atoms with Crippen LogP contribution in [0.15, 0.2) is 77.8 Å². The van der Waals surface area contributed by atoms with E-state index in [4.69, 9.17) is 16.6 Å². The van der Waals surface area contributed by atoms with Gasteiger partial charge in [-0.15, -0.1) is 0 Å². The van der Waals surface area contributed by atoms with E-state index < -0.39 is 10.0 Å². The number of sulfonamides is 1. The standard InChI is InChI=1S/C22H21ClN4O2S/c23-18-9-11-19(12-10-18)30(28,29)25-15-16-27-21(13-8-17-5-2-1-3-6-17)26-20-7-4-14-24-22(20)27/h1-7,9-12,14,25H,8,13,15-16H2. The largest absolute Gasteiger partial charge is 0.311 e. The maximum Gasteiger partial charge on any atom is 0.240 e. The lowest BCUT2D eigenvalue weighted by atomic mass is 10.1. The second-order valence-corrected chi connectivity index (χ2v) is 9.07. The summed E-state index contributed by atoms with van der Waals surface area (Å²) in [6.07, 6.45) is 3.31. The van der Waals surface area contributed by atoms with Crippen molar-refractivity contribution in [1.82, 2.24) is 19.3 Å². The summed E-state index contributed by atoms with van der Waals surface area (Å²) < 4.78 is 29.7. The third-order valence-electron chi connectivity index (χ3n) is 4.81. The average Bonchev–Trinajstić information content (AvgIpc) is 3.11. The van der Waals surface area contributed by atoms with Crippen LogP contribution < -0.4 is 4.72 Å². The zero-order valence-electron chi connectivity index (χ0n) is 16.2. The Hall–Kier alpha value is -2.74. The molecule has 0 spiro atoms. The summed E-state index contributed by atoms with van der Waals surface area (Å²) in [5.74, 6) is 0.887. The fourth-order valence-corrected chi connectivity index (χ4v) is 4.47. The number of benzene rings is 2. The number of imidazole rings is 1. The van der Waals surface area contributed by atoms with E-state index in [2.05, 4.69) is 21.8 Å². The molecule has 4 aromatic rings.